The van der Waals surface area contributed by atoms with Crippen molar-refractivity contribution in [3.63, 3.8) is 0 Å². The maximum Gasteiger partial charge on any atom is 0.227 e. The summed E-state index contributed by atoms with van der Waals surface area (Å²) in [7, 11) is 3.21. The quantitative estimate of drug-likeness (QED) is 0.553. The molecule has 1 atom stereocenters. The Morgan fingerprint density at radius 1 is 1.00 bits per heavy atom. The number of anilines is 2. The van der Waals surface area contributed by atoms with E-state index in [0.29, 0.717) is 24.5 Å². The number of pyridine rings is 1. The van der Waals surface area contributed by atoms with Crippen molar-refractivity contribution in [2.75, 3.05) is 32.6 Å². The summed E-state index contributed by atoms with van der Waals surface area (Å²) in [6, 6.07) is 18.1. The van der Waals surface area contributed by atoms with Crippen molar-refractivity contribution < 1.29 is 14.3 Å². The van der Waals surface area contributed by atoms with Crippen molar-refractivity contribution >= 4 is 17.3 Å². The summed E-state index contributed by atoms with van der Waals surface area (Å²) in [5.41, 5.74) is 6.23. The molecule has 0 unspecified atom stereocenters. The number of aromatic nitrogens is 1. The molecule has 33 heavy (non-hydrogen) atoms. The molecule has 4 rings (SSSR count). The minimum absolute atomic E-state index is 0.121. The highest BCUT2D eigenvalue weighted by Gasteiger charge is 2.28. The number of nitrogens with one attached hydrogen (secondary N) is 1. The highest BCUT2D eigenvalue weighted by Crippen LogP contribution is 2.31. The molecule has 6 heteroatoms. The Balaban J connectivity index is 1.42. The molecule has 172 valence electrons. The number of amides is 1. The molecule has 0 spiro atoms. The van der Waals surface area contributed by atoms with Crippen LogP contribution in [0.25, 0.3) is 0 Å². The number of ether oxygens (including phenoxy) is 2. The van der Waals surface area contributed by atoms with Gasteiger partial charge in [0.25, 0.3) is 0 Å². The predicted molar refractivity (Wildman–Crippen MR) is 131 cm³/mol. The number of carbonyl (C=O) groups excluding carboxylic acids is 1. The summed E-state index contributed by atoms with van der Waals surface area (Å²) < 4.78 is 10.7. The summed E-state index contributed by atoms with van der Waals surface area (Å²) in [6.07, 6.45) is 1.26. The second-order valence-corrected chi connectivity index (χ2v) is 8.60. The highest BCUT2D eigenvalue weighted by atomic mass is 16.5. The first-order valence-electron chi connectivity index (χ1n) is 11.3. The van der Waals surface area contributed by atoms with Crippen molar-refractivity contribution in [1.29, 1.82) is 0 Å². The lowest BCUT2D eigenvalue weighted by Gasteiger charge is -2.18. The van der Waals surface area contributed by atoms with Gasteiger partial charge < -0.3 is 19.7 Å². The van der Waals surface area contributed by atoms with Crippen molar-refractivity contribution in [3.8, 4) is 11.5 Å². The molecule has 2 heterocycles. The monoisotopic (exact) mass is 445 g/mol. The average molecular weight is 446 g/mol. The zero-order chi connectivity index (χ0) is 23.4. The van der Waals surface area contributed by atoms with E-state index >= 15 is 0 Å². The second-order valence-electron chi connectivity index (χ2n) is 8.60. The molecule has 0 bridgehead atoms. The number of carbonyl (C=O) groups is 1. The van der Waals surface area contributed by atoms with Crippen molar-refractivity contribution in [2.24, 2.45) is 0 Å². The van der Waals surface area contributed by atoms with Crippen LogP contribution in [0.1, 0.15) is 34.9 Å². The zero-order valence-electron chi connectivity index (χ0n) is 19.7. The minimum atomic E-state index is 0.121. The van der Waals surface area contributed by atoms with Crippen LogP contribution in [0, 0.1) is 13.8 Å². The van der Waals surface area contributed by atoms with Crippen LogP contribution in [-0.4, -0.2) is 43.1 Å². The first kappa shape index (κ1) is 22.6. The first-order valence-corrected chi connectivity index (χ1v) is 11.3. The molecule has 1 amide bonds. The van der Waals surface area contributed by atoms with Crippen LogP contribution in [0.3, 0.4) is 0 Å². The van der Waals surface area contributed by atoms with E-state index in [4.69, 9.17) is 14.5 Å². The largest absolute Gasteiger partial charge is 0.493 e. The molecule has 1 saturated heterocycles. The van der Waals surface area contributed by atoms with Crippen molar-refractivity contribution in [3.05, 3.63) is 77.1 Å². The molecule has 2 aromatic carbocycles. The van der Waals surface area contributed by atoms with E-state index in [-0.39, 0.29) is 11.8 Å². The number of methoxy groups -OCH3 is 2. The Kier molecular flexibility index (Phi) is 6.82. The van der Waals surface area contributed by atoms with Gasteiger partial charge in [-0.3, -0.25) is 9.78 Å². The summed E-state index contributed by atoms with van der Waals surface area (Å²) in [4.78, 5) is 19.7. The van der Waals surface area contributed by atoms with Crippen LogP contribution in [0.2, 0.25) is 0 Å². The molecular weight excluding hydrogens is 414 g/mol. The van der Waals surface area contributed by atoms with Gasteiger partial charge in [0.2, 0.25) is 5.91 Å². The van der Waals surface area contributed by atoms with E-state index in [9.17, 15) is 4.79 Å². The normalized spacial score (nSPS) is 15.4. The molecule has 6 nitrogen and oxygen atoms in total. The van der Waals surface area contributed by atoms with Gasteiger partial charge in [-0.2, -0.15) is 0 Å². The van der Waals surface area contributed by atoms with E-state index in [1.165, 1.54) is 5.56 Å². The molecule has 0 aliphatic carbocycles. The summed E-state index contributed by atoms with van der Waals surface area (Å²) in [5.74, 6) is 1.66. The minimum Gasteiger partial charge on any atom is -0.493 e. The molecule has 1 N–H and O–H groups in total. The second kappa shape index (κ2) is 9.94. The van der Waals surface area contributed by atoms with Gasteiger partial charge in [0, 0.05) is 41.8 Å². The number of aryl methyl sites for hydroxylation is 2. The number of rotatable bonds is 7. The Labute approximate surface area is 195 Å². The Morgan fingerprint density at radius 3 is 2.48 bits per heavy atom. The van der Waals surface area contributed by atoms with Crippen molar-refractivity contribution in [1.82, 2.24) is 9.88 Å². The highest BCUT2D eigenvalue weighted by molar-refractivity contribution is 5.79. The van der Waals surface area contributed by atoms with E-state index < -0.39 is 0 Å². The number of hydrogen-bond donors (Lipinski definition) is 1. The summed E-state index contributed by atoms with van der Waals surface area (Å²) in [5, 5.41) is 3.48. The Hall–Kier alpha value is -3.54. The smallest absolute Gasteiger partial charge is 0.227 e. The van der Waals surface area contributed by atoms with Crippen LogP contribution in [0.15, 0.2) is 54.6 Å². The fourth-order valence-electron chi connectivity index (χ4n) is 4.28. The molecule has 1 aliphatic heterocycles. The van der Waals surface area contributed by atoms with E-state index in [1.807, 2.05) is 30.0 Å². The molecule has 0 saturated carbocycles. The lowest BCUT2D eigenvalue weighted by molar-refractivity contribution is -0.129. The maximum atomic E-state index is 13.0. The number of hydrogen-bond acceptors (Lipinski definition) is 5. The van der Waals surface area contributed by atoms with Crippen molar-refractivity contribution in [2.45, 2.75) is 32.6 Å². The fourth-order valence-corrected chi connectivity index (χ4v) is 4.28. The van der Waals surface area contributed by atoms with Gasteiger partial charge in [0.15, 0.2) is 11.5 Å². The van der Waals surface area contributed by atoms with Gasteiger partial charge in [-0.15, -0.1) is 0 Å². The third-order valence-electron chi connectivity index (χ3n) is 6.08. The predicted octanol–water partition coefficient (Wildman–Crippen LogP) is 5.02. The Morgan fingerprint density at radius 2 is 1.76 bits per heavy atom. The third kappa shape index (κ3) is 5.45. The number of nitrogens with zero attached hydrogens (tertiary/aromatic N) is 2. The SMILES string of the molecule is COc1ccc(CC(=O)N2CC[C@@H](c3cc(Nc4ccc(C)cc4)cc(C)n3)C2)cc1OC. The van der Waals surface area contributed by atoms with Gasteiger partial charge >= 0.3 is 0 Å². The van der Waals surface area contributed by atoms with E-state index in [1.54, 1.807) is 14.2 Å². The average Bonchev–Trinajstić information content (AvgIpc) is 3.31. The topological polar surface area (TPSA) is 63.7 Å². The lowest BCUT2D eigenvalue weighted by atomic mass is 10.0. The van der Waals surface area contributed by atoms with Crippen LogP contribution in [0.5, 0.6) is 11.5 Å². The lowest BCUT2D eigenvalue weighted by Crippen LogP contribution is -2.30. The summed E-state index contributed by atoms with van der Waals surface area (Å²) >= 11 is 0. The maximum absolute atomic E-state index is 13.0. The molecule has 1 fully saturated rings. The number of benzene rings is 2. The zero-order valence-corrected chi connectivity index (χ0v) is 19.7. The van der Waals surface area contributed by atoms with Crippen LogP contribution in [-0.2, 0) is 11.2 Å². The number of likely N-dealkylation sites (tertiary alicyclic amines) is 1. The van der Waals surface area contributed by atoms with Gasteiger partial charge in [-0.25, -0.2) is 0 Å². The van der Waals surface area contributed by atoms with E-state index in [0.717, 1.165) is 41.3 Å². The van der Waals surface area contributed by atoms with Crippen LogP contribution in [0.4, 0.5) is 11.4 Å². The van der Waals surface area contributed by atoms with Crippen LogP contribution < -0.4 is 14.8 Å². The molecular formula is C27H31N3O3. The van der Waals surface area contributed by atoms with Gasteiger partial charge in [-0.05, 0) is 62.2 Å². The molecule has 1 aliphatic rings. The van der Waals surface area contributed by atoms with E-state index in [2.05, 4.69) is 48.6 Å². The Bertz CT molecular complexity index is 1130. The summed E-state index contributed by atoms with van der Waals surface area (Å²) in [6.45, 7) is 5.52. The van der Waals surface area contributed by atoms with Gasteiger partial charge in [0.05, 0.1) is 20.6 Å². The van der Waals surface area contributed by atoms with Crippen LogP contribution >= 0.6 is 0 Å². The van der Waals surface area contributed by atoms with Gasteiger partial charge in [0.1, 0.15) is 0 Å². The molecule has 0 radical (unpaired) electrons. The first-order chi connectivity index (χ1) is 15.9. The molecule has 1 aromatic heterocycles. The standard InChI is InChI=1S/C27H31N3O3/c1-18-5-8-22(9-6-18)29-23-13-19(2)28-24(16-23)21-11-12-30(17-21)27(31)15-20-7-10-25(32-3)26(14-20)33-4/h5-10,13-14,16,21H,11-12,15,17H2,1-4H3,(H,28,29)/t21-/m1/s1. The molecule has 3 aromatic rings. The third-order valence-corrected chi connectivity index (χ3v) is 6.08. The van der Waals surface area contributed by atoms with Gasteiger partial charge in [-0.1, -0.05) is 23.8 Å². The fraction of sp³-hybridized carbons (Fsp3) is 0.333.